The van der Waals surface area contributed by atoms with E-state index < -0.39 is 11.7 Å². The molecule has 4 heteroatoms. The Morgan fingerprint density at radius 3 is 2.89 bits per heavy atom. The highest BCUT2D eigenvalue weighted by Gasteiger charge is 2.71. The first-order valence-electron chi connectivity index (χ1n) is 6.90. The van der Waals surface area contributed by atoms with Gasteiger partial charge in [-0.25, -0.2) is 4.79 Å². The zero-order valence-electron chi connectivity index (χ0n) is 11.2. The van der Waals surface area contributed by atoms with E-state index in [-0.39, 0.29) is 30.0 Å². The second kappa shape index (κ2) is 3.30. The van der Waals surface area contributed by atoms with Crippen LogP contribution in [0.15, 0.2) is 23.3 Å². The van der Waals surface area contributed by atoms with E-state index >= 15 is 0 Å². The lowest BCUT2D eigenvalue weighted by Gasteiger charge is -2.44. The summed E-state index contributed by atoms with van der Waals surface area (Å²) < 4.78 is 11.4. The van der Waals surface area contributed by atoms with Crippen LogP contribution < -0.4 is 0 Å². The largest absolute Gasteiger partial charge is 0.458 e. The molecule has 5 aliphatic rings. The van der Waals surface area contributed by atoms with Gasteiger partial charge in [-0.2, -0.15) is 0 Å². The van der Waals surface area contributed by atoms with Crippen molar-refractivity contribution in [3.8, 4) is 0 Å². The molecule has 102 valence electrons. The molecule has 19 heavy (non-hydrogen) atoms. The molecule has 1 N–H and O–H groups in total. The number of ether oxygens (including phenoxy) is 2. The van der Waals surface area contributed by atoms with Crippen LogP contribution in [0.2, 0.25) is 0 Å². The average molecular weight is 262 g/mol. The minimum Gasteiger partial charge on any atom is -0.458 e. The minimum absolute atomic E-state index is 0.0109. The van der Waals surface area contributed by atoms with Crippen LogP contribution in [0.1, 0.15) is 26.7 Å². The fourth-order valence-corrected chi connectivity index (χ4v) is 4.41. The summed E-state index contributed by atoms with van der Waals surface area (Å²) in [7, 11) is 0. The number of hydrogen-bond acceptors (Lipinski definition) is 4. The van der Waals surface area contributed by atoms with E-state index in [0.717, 1.165) is 12.8 Å². The molecule has 0 aromatic carbocycles. The van der Waals surface area contributed by atoms with Crippen LogP contribution in [0, 0.1) is 11.8 Å². The molecule has 0 spiro atoms. The lowest BCUT2D eigenvalue weighted by atomic mass is 9.79. The summed E-state index contributed by atoms with van der Waals surface area (Å²) in [5.41, 5.74) is 2.44. The maximum atomic E-state index is 11.8. The van der Waals surface area contributed by atoms with Crippen molar-refractivity contribution in [1.29, 1.82) is 0 Å². The third-order valence-electron chi connectivity index (χ3n) is 5.52. The van der Waals surface area contributed by atoms with Crippen LogP contribution in [0.25, 0.3) is 0 Å². The number of aliphatic hydroxyl groups excluding tert-OH is 1. The Labute approximate surface area is 112 Å². The quantitative estimate of drug-likeness (QED) is 0.407. The Hall–Kier alpha value is -1.13. The highest BCUT2D eigenvalue weighted by atomic mass is 16.6. The van der Waals surface area contributed by atoms with Crippen molar-refractivity contribution < 1.29 is 19.4 Å². The zero-order chi connectivity index (χ0) is 13.5. The lowest BCUT2D eigenvalue weighted by molar-refractivity contribution is -0.250. The average Bonchev–Trinajstić information content (AvgIpc) is 2.87. The minimum atomic E-state index is -0.598. The van der Waals surface area contributed by atoms with Gasteiger partial charge in [0.25, 0.3) is 0 Å². The van der Waals surface area contributed by atoms with Gasteiger partial charge in [0.05, 0.1) is 5.92 Å². The van der Waals surface area contributed by atoms with Gasteiger partial charge in [0.2, 0.25) is 0 Å². The predicted molar refractivity (Wildman–Crippen MR) is 67.2 cm³/mol. The molecule has 1 saturated carbocycles. The van der Waals surface area contributed by atoms with Crippen molar-refractivity contribution in [2.45, 2.75) is 50.6 Å². The Kier molecular flexibility index (Phi) is 2.03. The second-order valence-electron chi connectivity index (χ2n) is 6.42. The normalized spacial score (nSPS) is 51.4. The summed E-state index contributed by atoms with van der Waals surface area (Å²) in [5.74, 6) is -0.226. The third kappa shape index (κ3) is 1.15. The SMILES string of the molecule is C=C1C(=O)O[C@@H]2[C@@H]1CCC(C)=C1[C@@H]3O[C@@](C)([C@H]3O)[C@@H]12. The van der Waals surface area contributed by atoms with Gasteiger partial charge in [0.1, 0.15) is 23.9 Å². The molecule has 5 rings (SSSR count). The Morgan fingerprint density at radius 2 is 2.21 bits per heavy atom. The fourth-order valence-electron chi connectivity index (χ4n) is 4.41. The van der Waals surface area contributed by atoms with Crippen molar-refractivity contribution in [1.82, 2.24) is 0 Å². The van der Waals surface area contributed by atoms with E-state index in [1.54, 1.807) is 0 Å². The molecular formula is C15H18O4. The molecule has 2 aliphatic carbocycles. The molecule has 2 bridgehead atoms. The van der Waals surface area contributed by atoms with E-state index in [4.69, 9.17) is 9.47 Å². The number of fused-ring (bicyclic) bond motifs is 1. The molecule has 3 saturated heterocycles. The first kappa shape index (κ1) is 11.7. The van der Waals surface area contributed by atoms with Crippen molar-refractivity contribution in [2.24, 2.45) is 11.8 Å². The standard InChI is InChI=1S/C15H18O4/c1-6-4-5-8-7(2)14(17)18-11(8)10-9(6)12-13(16)15(10,3)19-12/h8,10-13,16H,2,4-5H2,1,3H3/t8-,10+,11-,12+,13+,15-/m1/s1. The molecule has 0 unspecified atom stereocenters. The fraction of sp³-hybridized carbons (Fsp3) is 0.667. The maximum Gasteiger partial charge on any atom is 0.334 e. The number of carbonyl (C=O) groups is 1. The van der Waals surface area contributed by atoms with Crippen LogP contribution in [0.4, 0.5) is 0 Å². The number of carbonyl (C=O) groups excluding carboxylic acids is 1. The molecular weight excluding hydrogens is 244 g/mol. The van der Waals surface area contributed by atoms with Crippen molar-refractivity contribution in [3.05, 3.63) is 23.3 Å². The molecule has 0 amide bonds. The zero-order valence-corrected chi connectivity index (χ0v) is 11.2. The second-order valence-corrected chi connectivity index (χ2v) is 6.42. The summed E-state index contributed by atoms with van der Waals surface area (Å²) in [6.07, 6.45) is 0.945. The van der Waals surface area contributed by atoms with Crippen molar-refractivity contribution >= 4 is 5.97 Å². The third-order valence-corrected chi connectivity index (χ3v) is 5.52. The molecule has 0 radical (unpaired) electrons. The molecule has 0 aromatic heterocycles. The van der Waals surface area contributed by atoms with Gasteiger partial charge >= 0.3 is 5.97 Å². The van der Waals surface area contributed by atoms with Crippen LogP contribution in [0.5, 0.6) is 0 Å². The number of aliphatic hydroxyl groups is 1. The monoisotopic (exact) mass is 262 g/mol. The van der Waals surface area contributed by atoms with Gasteiger partial charge in [-0.15, -0.1) is 0 Å². The van der Waals surface area contributed by atoms with Gasteiger partial charge in [-0.05, 0) is 32.3 Å². The molecule has 0 aromatic rings. The Bertz CT molecular complexity index is 534. The van der Waals surface area contributed by atoms with Crippen LogP contribution in [0.3, 0.4) is 0 Å². The number of hydrogen-bond donors (Lipinski definition) is 1. The summed E-state index contributed by atoms with van der Waals surface area (Å²) in [6, 6.07) is 0. The van der Waals surface area contributed by atoms with Gasteiger partial charge in [0, 0.05) is 11.5 Å². The Morgan fingerprint density at radius 1 is 1.47 bits per heavy atom. The van der Waals surface area contributed by atoms with Gasteiger partial charge in [-0.1, -0.05) is 12.2 Å². The smallest absolute Gasteiger partial charge is 0.334 e. The van der Waals surface area contributed by atoms with E-state index in [9.17, 15) is 9.90 Å². The highest BCUT2D eigenvalue weighted by Crippen LogP contribution is 2.61. The van der Waals surface area contributed by atoms with Gasteiger partial charge in [0.15, 0.2) is 0 Å². The van der Waals surface area contributed by atoms with E-state index in [2.05, 4.69) is 13.5 Å². The maximum absolute atomic E-state index is 11.8. The van der Waals surface area contributed by atoms with Crippen molar-refractivity contribution in [3.63, 3.8) is 0 Å². The van der Waals surface area contributed by atoms with E-state index in [0.29, 0.717) is 5.57 Å². The topological polar surface area (TPSA) is 55.8 Å². The van der Waals surface area contributed by atoms with E-state index in [1.807, 2.05) is 6.92 Å². The highest BCUT2D eigenvalue weighted by molar-refractivity contribution is 5.91. The summed E-state index contributed by atoms with van der Waals surface area (Å²) in [5, 5.41) is 10.3. The van der Waals surface area contributed by atoms with Crippen LogP contribution >= 0.6 is 0 Å². The molecule has 6 atom stereocenters. The predicted octanol–water partition coefficient (Wildman–Crippen LogP) is 1.34. The van der Waals surface area contributed by atoms with E-state index in [1.165, 1.54) is 11.1 Å². The molecule has 3 heterocycles. The summed E-state index contributed by atoms with van der Waals surface area (Å²) in [4.78, 5) is 11.8. The van der Waals surface area contributed by atoms with Gasteiger partial charge in [-0.3, -0.25) is 0 Å². The van der Waals surface area contributed by atoms with Crippen LogP contribution in [-0.4, -0.2) is 35.0 Å². The summed E-state index contributed by atoms with van der Waals surface area (Å²) >= 11 is 0. The lowest BCUT2D eigenvalue weighted by Crippen LogP contribution is -2.59. The van der Waals surface area contributed by atoms with Gasteiger partial charge < -0.3 is 14.6 Å². The Balaban J connectivity index is 1.84. The molecule has 4 fully saturated rings. The molecule has 4 nitrogen and oxygen atoms in total. The number of allylic oxidation sites excluding steroid dienone is 1. The summed E-state index contributed by atoms with van der Waals surface area (Å²) in [6.45, 7) is 7.92. The first-order chi connectivity index (χ1) is 8.95. The number of rotatable bonds is 0. The van der Waals surface area contributed by atoms with Crippen molar-refractivity contribution in [2.75, 3.05) is 0 Å². The van der Waals surface area contributed by atoms with Crippen LogP contribution in [-0.2, 0) is 14.3 Å². The first-order valence-corrected chi connectivity index (χ1v) is 6.90. The molecule has 3 aliphatic heterocycles. The number of esters is 1.